The quantitative estimate of drug-likeness (QED) is 0.847. The second-order valence-electron chi connectivity index (χ2n) is 5.14. The van der Waals surface area contributed by atoms with Gasteiger partial charge in [0.1, 0.15) is 5.82 Å². The van der Waals surface area contributed by atoms with Crippen LogP contribution in [-0.2, 0) is 11.3 Å². The Morgan fingerprint density at radius 1 is 1.44 bits per heavy atom. The maximum Gasteiger partial charge on any atom is 0.240 e. The molecule has 96 valence electrons. The molecule has 1 atom stereocenters. The fourth-order valence-electron chi connectivity index (χ4n) is 2.37. The Bertz CT molecular complexity index is 458. The topological polar surface area (TPSA) is 58.1 Å². The number of likely N-dealkylation sites (tertiary alicyclic amines) is 1. The number of nitrogens with zero attached hydrogens (tertiary/aromatic N) is 3. The number of carbonyl (C=O) groups excluding carboxylic acids is 1. The SMILES string of the molecule is Cc1nccc(CN2CCC(NC3CC3)C2=O)n1. The third kappa shape index (κ3) is 2.51. The number of hydrogen-bond acceptors (Lipinski definition) is 4. The van der Waals surface area contributed by atoms with E-state index >= 15 is 0 Å². The van der Waals surface area contributed by atoms with Crippen LogP contribution in [0.25, 0.3) is 0 Å². The number of rotatable bonds is 4. The summed E-state index contributed by atoms with van der Waals surface area (Å²) in [6.07, 6.45) is 5.10. The molecule has 0 radical (unpaired) electrons. The van der Waals surface area contributed by atoms with E-state index in [0.29, 0.717) is 12.6 Å². The first-order valence-corrected chi connectivity index (χ1v) is 6.56. The molecule has 2 fully saturated rings. The lowest BCUT2D eigenvalue weighted by molar-refractivity contribution is -0.130. The third-order valence-electron chi connectivity index (χ3n) is 3.50. The molecule has 1 N–H and O–H groups in total. The minimum absolute atomic E-state index is 0.0282. The normalized spacial score (nSPS) is 23.7. The maximum absolute atomic E-state index is 12.2. The molecule has 1 amide bonds. The second-order valence-corrected chi connectivity index (χ2v) is 5.14. The Kier molecular flexibility index (Phi) is 2.99. The van der Waals surface area contributed by atoms with Crippen LogP contribution in [0.1, 0.15) is 30.8 Å². The highest BCUT2D eigenvalue weighted by Crippen LogP contribution is 2.23. The summed E-state index contributed by atoms with van der Waals surface area (Å²) in [6.45, 7) is 3.30. The predicted octanol–water partition coefficient (Wildman–Crippen LogP) is 0.638. The van der Waals surface area contributed by atoms with Crippen molar-refractivity contribution in [3.05, 3.63) is 23.8 Å². The Labute approximate surface area is 107 Å². The van der Waals surface area contributed by atoms with Crippen molar-refractivity contribution < 1.29 is 4.79 Å². The number of aryl methyl sites for hydroxylation is 1. The first-order valence-electron chi connectivity index (χ1n) is 6.56. The van der Waals surface area contributed by atoms with Gasteiger partial charge < -0.3 is 10.2 Å². The van der Waals surface area contributed by atoms with Crippen molar-refractivity contribution in [3.8, 4) is 0 Å². The first-order chi connectivity index (χ1) is 8.72. The average Bonchev–Trinajstić information content (AvgIpc) is 3.10. The van der Waals surface area contributed by atoms with Crippen LogP contribution in [0.15, 0.2) is 12.3 Å². The Morgan fingerprint density at radius 3 is 3.00 bits per heavy atom. The van der Waals surface area contributed by atoms with Gasteiger partial charge in [-0.2, -0.15) is 0 Å². The van der Waals surface area contributed by atoms with Crippen LogP contribution in [0.3, 0.4) is 0 Å². The van der Waals surface area contributed by atoms with E-state index in [1.165, 1.54) is 12.8 Å². The molecule has 0 bridgehead atoms. The van der Waals surface area contributed by atoms with Crippen molar-refractivity contribution in [3.63, 3.8) is 0 Å². The summed E-state index contributed by atoms with van der Waals surface area (Å²) in [6, 6.07) is 2.49. The van der Waals surface area contributed by atoms with Crippen molar-refractivity contribution in [2.75, 3.05) is 6.54 Å². The van der Waals surface area contributed by atoms with Gasteiger partial charge in [0.2, 0.25) is 5.91 Å². The zero-order valence-corrected chi connectivity index (χ0v) is 10.6. The van der Waals surface area contributed by atoms with E-state index in [-0.39, 0.29) is 11.9 Å². The highest BCUT2D eigenvalue weighted by molar-refractivity contribution is 5.84. The zero-order valence-electron chi connectivity index (χ0n) is 10.6. The van der Waals surface area contributed by atoms with Gasteiger partial charge >= 0.3 is 0 Å². The second kappa shape index (κ2) is 4.65. The summed E-state index contributed by atoms with van der Waals surface area (Å²) < 4.78 is 0. The van der Waals surface area contributed by atoms with Crippen LogP contribution in [0.5, 0.6) is 0 Å². The van der Waals surface area contributed by atoms with Gasteiger partial charge in [-0.15, -0.1) is 0 Å². The van der Waals surface area contributed by atoms with E-state index in [0.717, 1.165) is 24.5 Å². The van der Waals surface area contributed by atoms with Gasteiger partial charge in [0, 0.05) is 18.8 Å². The monoisotopic (exact) mass is 246 g/mol. The third-order valence-corrected chi connectivity index (χ3v) is 3.50. The molecule has 2 aliphatic rings. The summed E-state index contributed by atoms with van der Waals surface area (Å²) in [5.41, 5.74) is 0.919. The zero-order chi connectivity index (χ0) is 12.5. The predicted molar refractivity (Wildman–Crippen MR) is 66.7 cm³/mol. The lowest BCUT2D eigenvalue weighted by atomic mass is 10.2. The number of amides is 1. The van der Waals surface area contributed by atoms with E-state index in [1.54, 1.807) is 6.20 Å². The van der Waals surface area contributed by atoms with Gasteiger partial charge in [-0.05, 0) is 32.3 Å². The molecular weight excluding hydrogens is 228 g/mol. The van der Waals surface area contributed by atoms with Gasteiger partial charge in [-0.25, -0.2) is 9.97 Å². The standard InChI is InChI=1S/C13H18N4O/c1-9-14-6-4-11(15-9)8-17-7-5-12(13(17)18)16-10-2-3-10/h4,6,10,12,16H,2-3,5,7-8H2,1H3. The maximum atomic E-state index is 12.2. The van der Waals surface area contributed by atoms with Crippen LogP contribution in [0.4, 0.5) is 0 Å². The molecule has 0 aromatic carbocycles. The lowest BCUT2D eigenvalue weighted by Crippen LogP contribution is -2.39. The van der Waals surface area contributed by atoms with E-state index in [1.807, 2.05) is 17.9 Å². The molecule has 1 aliphatic heterocycles. The Hall–Kier alpha value is -1.49. The smallest absolute Gasteiger partial charge is 0.240 e. The van der Waals surface area contributed by atoms with E-state index < -0.39 is 0 Å². The fourth-order valence-corrected chi connectivity index (χ4v) is 2.37. The molecule has 0 spiro atoms. The summed E-state index contributed by atoms with van der Waals surface area (Å²) in [5.74, 6) is 0.977. The molecule has 1 aromatic rings. The van der Waals surface area contributed by atoms with Crippen LogP contribution in [0.2, 0.25) is 0 Å². The Balaban J connectivity index is 1.61. The number of hydrogen-bond donors (Lipinski definition) is 1. The molecule has 1 saturated heterocycles. The largest absolute Gasteiger partial charge is 0.335 e. The van der Waals surface area contributed by atoms with Gasteiger partial charge in [0.25, 0.3) is 0 Å². The molecule has 18 heavy (non-hydrogen) atoms. The highest BCUT2D eigenvalue weighted by Gasteiger charge is 2.35. The summed E-state index contributed by atoms with van der Waals surface area (Å²) >= 11 is 0. The summed E-state index contributed by atoms with van der Waals surface area (Å²) in [7, 11) is 0. The highest BCUT2D eigenvalue weighted by atomic mass is 16.2. The van der Waals surface area contributed by atoms with Gasteiger partial charge in [0.05, 0.1) is 18.3 Å². The van der Waals surface area contributed by atoms with E-state index in [2.05, 4.69) is 15.3 Å². The molecular formula is C13H18N4O. The molecule has 1 aliphatic carbocycles. The first kappa shape index (κ1) is 11.6. The van der Waals surface area contributed by atoms with Gasteiger partial charge in [0.15, 0.2) is 0 Å². The summed E-state index contributed by atoms with van der Waals surface area (Å²) in [5, 5.41) is 3.41. The Morgan fingerprint density at radius 2 is 2.28 bits per heavy atom. The minimum Gasteiger partial charge on any atom is -0.335 e. The molecule has 1 saturated carbocycles. The van der Waals surface area contributed by atoms with Crippen LogP contribution < -0.4 is 5.32 Å². The van der Waals surface area contributed by atoms with Crippen LogP contribution >= 0.6 is 0 Å². The number of nitrogens with one attached hydrogen (secondary N) is 1. The molecule has 1 unspecified atom stereocenters. The van der Waals surface area contributed by atoms with Gasteiger partial charge in [-0.3, -0.25) is 4.79 Å². The van der Waals surface area contributed by atoms with E-state index in [9.17, 15) is 4.79 Å². The molecule has 3 rings (SSSR count). The minimum atomic E-state index is 0.0282. The average molecular weight is 246 g/mol. The molecule has 1 aromatic heterocycles. The van der Waals surface area contributed by atoms with Crippen molar-refractivity contribution >= 4 is 5.91 Å². The number of aromatic nitrogens is 2. The number of carbonyl (C=O) groups is 1. The van der Waals surface area contributed by atoms with E-state index in [4.69, 9.17) is 0 Å². The van der Waals surface area contributed by atoms with Crippen molar-refractivity contribution in [2.45, 2.75) is 44.8 Å². The molecule has 2 heterocycles. The molecule has 5 heteroatoms. The molecule has 5 nitrogen and oxygen atoms in total. The van der Waals surface area contributed by atoms with Crippen molar-refractivity contribution in [1.29, 1.82) is 0 Å². The lowest BCUT2D eigenvalue weighted by Gasteiger charge is -2.16. The summed E-state index contributed by atoms with van der Waals surface area (Å²) in [4.78, 5) is 22.5. The van der Waals surface area contributed by atoms with Crippen molar-refractivity contribution in [1.82, 2.24) is 20.2 Å². The van der Waals surface area contributed by atoms with Crippen LogP contribution in [0, 0.1) is 6.92 Å². The van der Waals surface area contributed by atoms with Gasteiger partial charge in [-0.1, -0.05) is 0 Å². The fraction of sp³-hybridized carbons (Fsp3) is 0.615. The van der Waals surface area contributed by atoms with Crippen LogP contribution in [-0.4, -0.2) is 39.4 Å². The van der Waals surface area contributed by atoms with Crippen molar-refractivity contribution in [2.24, 2.45) is 0 Å².